The highest BCUT2D eigenvalue weighted by Gasteiger charge is 2.11. The highest BCUT2D eigenvalue weighted by Crippen LogP contribution is 2.29. The van der Waals surface area contributed by atoms with Crippen LogP contribution in [0.1, 0.15) is 11.3 Å². The molecule has 0 fully saturated rings. The van der Waals surface area contributed by atoms with Crippen molar-refractivity contribution in [1.82, 2.24) is 9.97 Å². The zero-order chi connectivity index (χ0) is 21.3. The fraction of sp³-hybridized carbons (Fsp3) is 0.167. The molecule has 2 heterocycles. The Labute approximate surface area is 175 Å². The maximum absolute atomic E-state index is 13.8. The Kier molecular flexibility index (Phi) is 5.23. The maximum atomic E-state index is 13.8. The first-order chi connectivity index (χ1) is 14.4. The Morgan fingerprint density at radius 3 is 2.53 bits per heavy atom. The molecule has 0 unspecified atom stereocenters. The molecule has 5 nitrogen and oxygen atoms in total. The fourth-order valence-corrected chi connectivity index (χ4v) is 3.51. The molecule has 6 heteroatoms. The minimum Gasteiger partial charge on any atom is -0.497 e. The van der Waals surface area contributed by atoms with Crippen LogP contribution in [-0.4, -0.2) is 24.1 Å². The summed E-state index contributed by atoms with van der Waals surface area (Å²) in [5, 5.41) is 0.889. The van der Waals surface area contributed by atoms with Gasteiger partial charge in [0.15, 0.2) is 0 Å². The molecule has 4 aromatic rings. The van der Waals surface area contributed by atoms with Gasteiger partial charge in [-0.05, 0) is 54.4 Å². The van der Waals surface area contributed by atoms with E-state index in [2.05, 4.69) is 9.88 Å². The molecule has 0 saturated carbocycles. The van der Waals surface area contributed by atoms with Crippen LogP contribution in [0.15, 0.2) is 60.8 Å². The molecule has 152 valence electrons. The highest BCUT2D eigenvalue weighted by molar-refractivity contribution is 5.86. The van der Waals surface area contributed by atoms with E-state index in [1.165, 1.54) is 12.1 Å². The molecule has 0 aliphatic rings. The average Bonchev–Trinajstić information content (AvgIpc) is 2.72. The Balaban J connectivity index is 1.64. The SMILES string of the molecule is COc1ccc(CN(C)c2cc3nc(C)c(-c4cc(N)cc(F)c4)cc3cn2)cc1. The van der Waals surface area contributed by atoms with Crippen LogP contribution in [0.5, 0.6) is 5.75 Å². The molecule has 0 radical (unpaired) electrons. The lowest BCUT2D eigenvalue weighted by Gasteiger charge is -2.19. The number of hydrogen-bond donors (Lipinski definition) is 1. The maximum Gasteiger partial charge on any atom is 0.130 e. The molecule has 2 aromatic heterocycles. The van der Waals surface area contributed by atoms with Gasteiger partial charge in [0.2, 0.25) is 0 Å². The molecule has 0 aliphatic heterocycles. The number of anilines is 2. The van der Waals surface area contributed by atoms with E-state index in [-0.39, 0.29) is 5.82 Å². The third-order valence-electron chi connectivity index (χ3n) is 5.08. The second kappa shape index (κ2) is 7.99. The normalized spacial score (nSPS) is 10.9. The summed E-state index contributed by atoms with van der Waals surface area (Å²) in [5.41, 5.74) is 10.5. The van der Waals surface area contributed by atoms with Crippen molar-refractivity contribution in [3.63, 3.8) is 0 Å². The fourth-order valence-electron chi connectivity index (χ4n) is 3.51. The van der Waals surface area contributed by atoms with Crippen molar-refractivity contribution < 1.29 is 9.13 Å². The monoisotopic (exact) mass is 402 g/mol. The summed E-state index contributed by atoms with van der Waals surface area (Å²) in [4.78, 5) is 11.4. The minimum atomic E-state index is -0.363. The van der Waals surface area contributed by atoms with Crippen LogP contribution in [0.3, 0.4) is 0 Å². The number of methoxy groups -OCH3 is 1. The minimum absolute atomic E-state index is 0.363. The number of fused-ring (bicyclic) bond motifs is 1. The molecular weight excluding hydrogens is 379 g/mol. The predicted molar refractivity (Wildman–Crippen MR) is 119 cm³/mol. The first kappa shape index (κ1) is 19.6. The number of hydrogen-bond acceptors (Lipinski definition) is 5. The second-order valence-electron chi connectivity index (χ2n) is 7.33. The Bertz CT molecular complexity index is 1190. The first-order valence-electron chi connectivity index (χ1n) is 9.61. The van der Waals surface area contributed by atoms with Crippen molar-refractivity contribution in [2.24, 2.45) is 0 Å². The zero-order valence-corrected chi connectivity index (χ0v) is 17.2. The van der Waals surface area contributed by atoms with Crippen molar-refractivity contribution >= 4 is 22.4 Å². The number of nitrogens with zero attached hydrogens (tertiary/aromatic N) is 3. The van der Waals surface area contributed by atoms with Gasteiger partial charge < -0.3 is 15.4 Å². The summed E-state index contributed by atoms with van der Waals surface area (Å²) >= 11 is 0. The predicted octanol–water partition coefficient (Wildman–Crippen LogP) is 4.97. The molecule has 0 aliphatic carbocycles. The van der Waals surface area contributed by atoms with E-state index in [0.717, 1.165) is 39.3 Å². The third kappa shape index (κ3) is 4.03. The lowest BCUT2D eigenvalue weighted by atomic mass is 10.0. The van der Waals surface area contributed by atoms with Crippen molar-refractivity contribution in [2.75, 3.05) is 24.8 Å². The van der Waals surface area contributed by atoms with Crippen LogP contribution in [0, 0.1) is 12.7 Å². The van der Waals surface area contributed by atoms with E-state index in [4.69, 9.17) is 15.5 Å². The molecule has 2 N–H and O–H groups in total. The summed E-state index contributed by atoms with van der Waals surface area (Å²) in [7, 11) is 3.65. The third-order valence-corrected chi connectivity index (χ3v) is 5.08. The van der Waals surface area contributed by atoms with Crippen LogP contribution in [0.25, 0.3) is 22.0 Å². The molecule has 0 amide bonds. The number of nitrogens with two attached hydrogens (primary N) is 1. The van der Waals surface area contributed by atoms with Crippen LogP contribution in [0.4, 0.5) is 15.9 Å². The van der Waals surface area contributed by atoms with Gasteiger partial charge in [0.25, 0.3) is 0 Å². The number of rotatable bonds is 5. The number of aryl methyl sites for hydroxylation is 1. The molecule has 4 rings (SSSR count). The van der Waals surface area contributed by atoms with E-state index in [0.29, 0.717) is 17.8 Å². The van der Waals surface area contributed by atoms with Gasteiger partial charge >= 0.3 is 0 Å². The summed E-state index contributed by atoms with van der Waals surface area (Å²) in [5.74, 6) is 1.30. The van der Waals surface area contributed by atoms with Gasteiger partial charge in [-0.3, -0.25) is 4.98 Å². The van der Waals surface area contributed by atoms with E-state index in [1.807, 2.05) is 50.4 Å². The van der Waals surface area contributed by atoms with Crippen molar-refractivity contribution in [2.45, 2.75) is 13.5 Å². The molecule has 0 saturated heterocycles. The second-order valence-corrected chi connectivity index (χ2v) is 7.33. The summed E-state index contributed by atoms with van der Waals surface area (Å²) in [6.45, 7) is 2.62. The van der Waals surface area contributed by atoms with Gasteiger partial charge in [0.1, 0.15) is 17.4 Å². The number of benzene rings is 2. The Hall–Kier alpha value is -3.67. The average molecular weight is 402 g/mol. The number of aromatic nitrogens is 2. The zero-order valence-electron chi connectivity index (χ0n) is 17.2. The van der Waals surface area contributed by atoms with Crippen LogP contribution in [-0.2, 0) is 6.54 Å². The largest absolute Gasteiger partial charge is 0.497 e. The highest BCUT2D eigenvalue weighted by atomic mass is 19.1. The number of ether oxygens (including phenoxy) is 1. The molecule has 2 aromatic carbocycles. The van der Waals surface area contributed by atoms with Gasteiger partial charge in [-0.25, -0.2) is 9.37 Å². The molecule has 30 heavy (non-hydrogen) atoms. The lowest BCUT2D eigenvalue weighted by Crippen LogP contribution is -2.17. The topological polar surface area (TPSA) is 64.3 Å². The van der Waals surface area contributed by atoms with Crippen LogP contribution in [0.2, 0.25) is 0 Å². The van der Waals surface area contributed by atoms with E-state index >= 15 is 0 Å². The molecule has 0 bridgehead atoms. The quantitative estimate of drug-likeness (QED) is 0.478. The van der Waals surface area contributed by atoms with E-state index < -0.39 is 0 Å². The molecule has 0 spiro atoms. The van der Waals surface area contributed by atoms with Gasteiger partial charge in [-0.2, -0.15) is 0 Å². The van der Waals surface area contributed by atoms with Crippen molar-refractivity contribution in [3.8, 4) is 16.9 Å². The molecular formula is C24H23FN4O. The summed E-state index contributed by atoms with van der Waals surface area (Å²) in [6, 6.07) is 16.4. The van der Waals surface area contributed by atoms with Gasteiger partial charge in [-0.15, -0.1) is 0 Å². The number of nitrogen functional groups attached to an aromatic ring is 1. The summed E-state index contributed by atoms with van der Waals surface area (Å²) in [6.07, 6.45) is 1.80. The van der Waals surface area contributed by atoms with Gasteiger partial charge in [0, 0.05) is 48.2 Å². The van der Waals surface area contributed by atoms with Gasteiger partial charge in [-0.1, -0.05) is 12.1 Å². The van der Waals surface area contributed by atoms with Gasteiger partial charge in [0.05, 0.1) is 12.6 Å². The standard InChI is InChI=1S/C24H23FN4O/c1-15-22(17-8-19(25)11-20(26)9-17)10-18-13-27-24(12-23(18)28-15)29(2)14-16-4-6-21(30-3)7-5-16/h4-13H,14,26H2,1-3H3. The van der Waals surface area contributed by atoms with E-state index in [1.54, 1.807) is 19.4 Å². The molecule has 0 atom stereocenters. The van der Waals surface area contributed by atoms with Crippen molar-refractivity contribution in [1.29, 1.82) is 0 Å². The summed E-state index contributed by atoms with van der Waals surface area (Å²) < 4.78 is 19.0. The number of halogens is 1. The van der Waals surface area contributed by atoms with E-state index in [9.17, 15) is 4.39 Å². The smallest absolute Gasteiger partial charge is 0.130 e. The van der Waals surface area contributed by atoms with Crippen LogP contribution >= 0.6 is 0 Å². The van der Waals surface area contributed by atoms with Crippen molar-refractivity contribution in [3.05, 3.63) is 77.9 Å². The first-order valence-corrected chi connectivity index (χ1v) is 9.61. The van der Waals surface area contributed by atoms with Crippen LogP contribution < -0.4 is 15.4 Å². The Morgan fingerprint density at radius 2 is 1.83 bits per heavy atom. The lowest BCUT2D eigenvalue weighted by molar-refractivity contribution is 0.414. The number of pyridine rings is 2. The Morgan fingerprint density at radius 1 is 1.07 bits per heavy atom.